The molecule has 7 heteroatoms. The molecule has 1 N–H and O–H groups in total. The Labute approximate surface area is 181 Å². The minimum absolute atomic E-state index is 0.0406. The first kappa shape index (κ1) is 21.8. The Kier molecular flexibility index (Phi) is 7.59. The summed E-state index contributed by atoms with van der Waals surface area (Å²) in [5, 5.41) is 14.8. The molecule has 0 saturated heterocycles. The highest BCUT2D eigenvalue weighted by Crippen LogP contribution is 2.21. The number of non-ortho nitro benzene ring substituents is 1. The highest BCUT2D eigenvalue weighted by atomic mass is 16.6. The molecule has 3 rings (SSSR count). The zero-order valence-electron chi connectivity index (χ0n) is 17.6. The molecule has 31 heavy (non-hydrogen) atoms. The molecule has 0 heterocycles. The van der Waals surface area contributed by atoms with Crippen LogP contribution in [-0.2, 0) is 0 Å². The average molecular weight is 419 g/mol. The van der Waals surface area contributed by atoms with Gasteiger partial charge < -0.3 is 9.47 Å². The molecule has 0 radical (unpaired) electrons. The first-order valence-corrected chi connectivity index (χ1v) is 9.98. The van der Waals surface area contributed by atoms with E-state index in [1.807, 2.05) is 36.4 Å². The average Bonchev–Trinajstić information content (AvgIpc) is 2.77. The summed E-state index contributed by atoms with van der Waals surface area (Å²) in [5.74, 6) is 1.67. The molecule has 0 atom stereocenters. The number of nitrogens with one attached hydrogen (secondary N) is 1. The Morgan fingerprint density at radius 2 is 1.74 bits per heavy atom. The largest absolute Gasteiger partial charge is 0.493 e. The minimum atomic E-state index is -0.436. The summed E-state index contributed by atoms with van der Waals surface area (Å²) in [6.45, 7) is 5.27. The Morgan fingerprint density at radius 3 is 2.52 bits per heavy atom. The highest BCUT2D eigenvalue weighted by Gasteiger charge is 2.03. The maximum absolute atomic E-state index is 10.7. The lowest BCUT2D eigenvalue weighted by atomic mass is 10.1. The lowest BCUT2D eigenvalue weighted by Gasteiger charge is -2.11. The van der Waals surface area contributed by atoms with Gasteiger partial charge in [0.1, 0.15) is 11.5 Å². The van der Waals surface area contributed by atoms with Crippen molar-refractivity contribution < 1.29 is 14.4 Å². The summed E-state index contributed by atoms with van der Waals surface area (Å²) < 4.78 is 11.7. The molecule has 0 saturated carbocycles. The first-order chi connectivity index (χ1) is 15.0. The predicted molar refractivity (Wildman–Crippen MR) is 122 cm³/mol. The van der Waals surface area contributed by atoms with Gasteiger partial charge in [-0.2, -0.15) is 5.10 Å². The van der Waals surface area contributed by atoms with Crippen molar-refractivity contribution in [1.29, 1.82) is 0 Å². The smallest absolute Gasteiger partial charge is 0.269 e. The molecule has 0 amide bonds. The molecule has 0 bridgehead atoms. The summed E-state index contributed by atoms with van der Waals surface area (Å²) in [7, 11) is 0. The van der Waals surface area contributed by atoms with Crippen LogP contribution in [0.2, 0.25) is 0 Å². The minimum Gasteiger partial charge on any atom is -0.493 e. The third-order valence-corrected chi connectivity index (χ3v) is 4.71. The van der Waals surface area contributed by atoms with Crippen LogP contribution in [0.25, 0.3) is 0 Å². The van der Waals surface area contributed by atoms with Crippen molar-refractivity contribution in [2.75, 3.05) is 18.6 Å². The van der Waals surface area contributed by atoms with E-state index in [0.717, 1.165) is 29.0 Å². The Bertz CT molecular complexity index is 1050. The highest BCUT2D eigenvalue weighted by molar-refractivity contribution is 5.80. The quantitative estimate of drug-likeness (QED) is 0.203. The van der Waals surface area contributed by atoms with Crippen molar-refractivity contribution in [3.05, 3.63) is 93.5 Å². The van der Waals surface area contributed by atoms with Crippen molar-refractivity contribution in [2.45, 2.75) is 20.3 Å². The Hall–Kier alpha value is -3.87. The van der Waals surface area contributed by atoms with Crippen molar-refractivity contribution in [3.8, 4) is 11.5 Å². The number of ether oxygens (including phenoxy) is 2. The van der Waals surface area contributed by atoms with Crippen molar-refractivity contribution >= 4 is 17.6 Å². The second-order valence-corrected chi connectivity index (χ2v) is 6.99. The van der Waals surface area contributed by atoms with E-state index >= 15 is 0 Å². The molecule has 0 fully saturated rings. The molecule has 0 unspecified atom stereocenters. The van der Waals surface area contributed by atoms with E-state index in [1.54, 1.807) is 18.3 Å². The van der Waals surface area contributed by atoms with Crippen LogP contribution in [-0.4, -0.2) is 24.4 Å². The summed E-state index contributed by atoms with van der Waals surface area (Å²) in [6.07, 6.45) is 2.44. The van der Waals surface area contributed by atoms with E-state index in [-0.39, 0.29) is 5.69 Å². The fourth-order valence-corrected chi connectivity index (χ4v) is 2.84. The summed E-state index contributed by atoms with van der Waals surface area (Å²) >= 11 is 0. The maximum Gasteiger partial charge on any atom is 0.269 e. The van der Waals surface area contributed by atoms with Gasteiger partial charge in [-0.1, -0.05) is 24.3 Å². The van der Waals surface area contributed by atoms with Crippen LogP contribution in [0.3, 0.4) is 0 Å². The number of nitro groups is 1. The van der Waals surface area contributed by atoms with Crippen LogP contribution >= 0.6 is 0 Å². The molecule has 0 spiro atoms. The van der Waals surface area contributed by atoms with E-state index in [0.29, 0.717) is 18.9 Å². The molecule has 0 aromatic heterocycles. The van der Waals surface area contributed by atoms with Gasteiger partial charge in [0.25, 0.3) is 5.69 Å². The second kappa shape index (κ2) is 10.8. The van der Waals surface area contributed by atoms with E-state index in [4.69, 9.17) is 9.47 Å². The number of benzene rings is 3. The molecule has 160 valence electrons. The van der Waals surface area contributed by atoms with Crippen LogP contribution in [0.4, 0.5) is 11.4 Å². The zero-order chi connectivity index (χ0) is 22.1. The van der Waals surface area contributed by atoms with E-state index in [9.17, 15) is 10.1 Å². The maximum atomic E-state index is 10.7. The molecule has 0 aliphatic rings. The number of aryl methyl sites for hydroxylation is 1. The number of nitro benzene ring substituents is 1. The summed E-state index contributed by atoms with van der Waals surface area (Å²) in [5.41, 5.74) is 6.81. The fraction of sp³-hybridized carbons (Fsp3) is 0.208. The van der Waals surface area contributed by atoms with Gasteiger partial charge in [0.15, 0.2) is 0 Å². The van der Waals surface area contributed by atoms with Crippen molar-refractivity contribution in [2.24, 2.45) is 5.10 Å². The molecule has 0 aliphatic carbocycles. The van der Waals surface area contributed by atoms with Crippen molar-refractivity contribution in [1.82, 2.24) is 0 Å². The van der Waals surface area contributed by atoms with Gasteiger partial charge in [0, 0.05) is 18.6 Å². The van der Waals surface area contributed by atoms with Gasteiger partial charge in [-0.05, 0) is 60.9 Å². The number of rotatable bonds is 10. The van der Waals surface area contributed by atoms with Gasteiger partial charge in [-0.15, -0.1) is 0 Å². The SMILES string of the molecule is Cc1cccc(OCCCOc2cccc(/C=N/Nc3ccc([N+](=O)[O-])cc3)c2)c1C. The van der Waals surface area contributed by atoms with Crippen LogP contribution in [0.1, 0.15) is 23.1 Å². The predicted octanol–water partition coefficient (Wildman–Crippen LogP) is 5.51. The number of hydrazone groups is 1. The normalized spacial score (nSPS) is 10.8. The van der Waals surface area contributed by atoms with Gasteiger partial charge >= 0.3 is 0 Å². The standard InChI is InChI=1S/C24H25N3O4/c1-18-6-3-9-24(19(18)2)31-15-5-14-30-23-8-4-7-20(16-23)17-25-26-21-10-12-22(13-11-21)27(28)29/h3-4,6-13,16-17,26H,5,14-15H2,1-2H3/b25-17+. The topological polar surface area (TPSA) is 86.0 Å². The lowest BCUT2D eigenvalue weighted by molar-refractivity contribution is -0.384. The van der Waals surface area contributed by atoms with E-state index in [1.165, 1.54) is 17.7 Å². The van der Waals surface area contributed by atoms with Gasteiger partial charge in [0.05, 0.1) is 30.0 Å². The monoisotopic (exact) mass is 419 g/mol. The summed E-state index contributed by atoms with van der Waals surface area (Å²) in [6, 6.07) is 19.7. The number of nitrogens with zero attached hydrogens (tertiary/aromatic N) is 2. The van der Waals surface area contributed by atoms with Crippen molar-refractivity contribution in [3.63, 3.8) is 0 Å². The Morgan fingerprint density at radius 1 is 1.00 bits per heavy atom. The molecule has 3 aromatic carbocycles. The van der Waals surface area contributed by atoms with Gasteiger partial charge in [-0.3, -0.25) is 15.5 Å². The van der Waals surface area contributed by atoms with E-state index in [2.05, 4.69) is 30.4 Å². The number of hydrogen-bond acceptors (Lipinski definition) is 6. The summed E-state index contributed by atoms with van der Waals surface area (Å²) in [4.78, 5) is 10.2. The number of anilines is 1. The van der Waals surface area contributed by atoms with Crippen LogP contribution < -0.4 is 14.9 Å². The van der Waals surface area contributed by atoms with Gasteiger partial charge in [-0.25, -0.2) is 0 Å². The van der Waals surface area contributed by atoms with Crippen LogP contribution in [0.15, 0.2) is 71.8 Å². The van der Waals surface area contributed by atoms with Gasteiger partial charge in [0.2, 0.25) is 0 Å². The zero-order valence-corrected chi connectivity index (χ0v) is 17.6. The third kappa shape index (κ3) is 6.57. The van der Waals surface area contributed by atoms with Crippen LogP contribution in [0, 0.1) is 24.0 Å². The molecular formula is C24H25N3O4. The third-order valence-electron chi connectivity index (χ3n) is 4.71. The first-order valence-electron chi connectivity index (χ1n) is 9.98. The lowest BCUT2D eigenvalue weighted by Crippen LogP contribution is -2.06. The Balaban J connectivity index is 1.43. The molecule has 7 nitrogen and oxygen atoms in total. The molecule has 0 aliphatic heterocycles. The fourth-order valence-electron chi connectivity index (χ4n) is 2.84. The molecule has 3 aromatic rings. The second-order valence-electron chi connectivity index (χ2n) is 6.99. The number of hydrogen-bond donors (Lipinski definition) is 1. The van der Waals surface area contributed by atoms with Crippen LogP contribution in [0.5, 0.6) is 11.5 Å². The van der Waals surface area contributed by atoms with E-state index < -0.39 is 4.92 Å². The molecular weight excluding hydrogens is 394 g/mol.